The van der Waals surface area contributed by atoms with Crippen LogP contribution < -0.4 is 11.1 Å². The van der Waals surface area contributed by atoms with Gasteiger partial charge in [0.05, 0.1) is 5.56 Å². The molecule has 2 rings (SSSR count). The molecule has 0 atom stereocenters. The Hall–Kier alpha value is -2.02. The molecule has 6 nitrogen and oxygen atoms in total. The van der Waals surface area contributed by atoms with Gasteiger partial charge in [0.15, 0.2) is 0 Å². The molecule has 0 saturated heterocycles. The molecule has 0 aliphatic carbocycles. The maximum atomic E-state index is 11.8. The first kappa shape index (κ1) is 10.5. The van der Waals surface area contributed by atoms with E-state index in [0.29, 0.717) is 16.4 Å². The van der Waals surface area contributed by atoms with Gasteiger partial charge in [-0.2, -0.15) is 0 Å². The zero-order valence-electron chi connectivity index (χ0n) is 8.47. The Morgan fingerprint density at radius 2 is 2.38 bits per heavy atom. The van der Waals surface area contributed by atoms with Gasteiger partial charge in [0.2, 0.25) is 5.13 Å². The minimum atomic E-state index is -0.332. The summed E-state index contributed by atoms with van der Waals surface area (Å²) >= 11 is 1.24. The van der Waals surface area contributed by atoms with E-state index >= 15 is 0 Å². The van der Waals surface area contributed by atoms with Gasteiger partial charge >= 0.3 is 0 Å². The molecule has 0 aliphatic heterocycles. The molecule has 0 bridgehead atoms. The first-order valence-corrected chi connectivity index (χ1v) is 5.34. The average Bonchev–Trinajstić information content (AvgIpc) is 2.70. The Morgan fingerprint density at radius 3 is 3.00 bits per heavy atom. The number of hydrogen-bond acceptors (Lipinski definition) is 6. The van der Waals surface area contributed by atoms with Gasteiger partial charge in [-0.15, -0.1) is 10.2 Å². The maximum Gasteiger partial charge on any atom is 0.261 e. The van der Waals surface area contributed by atoms with Gasteiger partial charge in [0.25, 0.3) is 5.91 Å². The molecule has 7 heteroatoms. The Labute approximate surface area is 95.5 Å². The standard InChI is InChI=1S/C9H9N5OS/c1-5-2-7(10)6(3-11-5)8(15)13-9-14-12-4-16-9/h2-4H,1H3,(H2,10,11)(H,13,14,15). The summed E-state index contributed by atoms with van der Waals surface area (Å²) in [6, 6.07) is 1.65. The second-order valence-electron chi connectivity index (χ2n) is 3.11. The van der Waals surface area contributed by atoms with Crippen LogP contribution in [0, 0.1) is 6.92 Å². The van der Waals surface area contributed by atoms with Crippen molar-refractivity contribution in [3.8, 4) is 0 Å². The summed E-state index contributed by atoms with van der Waals surface area (Å²) in [5, 5.41) is 10.3. The van der Waals surface area contributed by atoms with Crippen LogP contribution in [0.5, 0.6) is 0 Å². The number of aryl methyl sites for hydroxylation is 1. The Morgan fingerprint density at radius 1 is 1.56 bits per heavy atom. The molecule has 2 aromatic heterocycles. The Bertz CT molecular complexity index is 511. The van der Waals surface area contributed by atoms with Crippen LogP contribution in [0.25, 0.3) is 0 Å². The molecule has 0 unspecified atom stereocenters. The fraction of sp³-hybridized carbons (Fsp3) is 0.111. The summed E-state index contributed by atoms with van der Waals surface area (Å²) in [7, 11) is 0. The molecular weight excluding hydrogens is 226 g/mol. The first-order valence-electron chi connectivity index (χ1n) is 4.46. The summed E-state index contributed by atoms with van der Waals surface area (Å²) in [5.74, 6) is -0.332. The van der Waals surface area contributed by atoms with Crippen LogP contribution >= 0.6 is 11.3 Å². The lowest BCUT2D eigenvalue weighted by Gasteiger charge is -2.04. The van der Waals surface area contributed by atoms with Crippen LogP contribution in [-0.4, -0.2) is 21.1 Å². The van der Waals surface area contributed by atoms with Gasteiger partial charge in [-0.1, -0.05) is 11.3 Å². The molecule has 0 spiro atoms. The molecule has 16 heavy (non-hydrogen) atoms. The number of hydrogen-bond donors (Lipinski definition) is 2. The van der Waals surface area contributed by atoms with Crippen molar-refractivity contribution in [2.24, 2.45) is 0 Å². The molecule has 0 saturated carbocycles. The highest BCUT2D eigenvalue weighted by Crippen LogP contribution is 2.15. The van der Waals surface area contributed by atoms with E-state index in [9.17, 15) is 4.79 Å². The summed E-state index contributed by atoms with van der Waals surface area (Å²) in [6.07, 6.45) is 1.45. The largest absolute Gasteiger partial charge is 0.398 e. The predicted molar refractivity (Wildman–Crippen MR) is 61.2 cm³/mol. The van der Waals surface area contributed by atoms with Crippen LogP contribution in [0.2, 0.25) is 0 Å². The molecule has 1 amide bonds. The second kappa shape index (κ2) is 4.23. The fourth-order valence-electron chi connectivity index (χ4n) is 1.16. The number of anilines is 2. The van der Waals surface area contributed by atoms with Crippen LogP contribution in [0.1, 0.15) is 16.1 Å². The molecule has 3 N–H and O–H groups in total. The zero-order valence-corrected chi connectivity index (χ0v) is 9.28. The minimum absolute atomic E-state index is 0.332. The number of amides is 1. The molecule has 0 fully saturated rings. The quantitative estimate of drug-likeness (QED) is 0.812. The molecule has 2 heterocycles. The molecule has 82 valence electrons. The van der Waals surface area contributed by atoms with Crippen LogP contribution in [0.3, 0.4) is 0 Å². The number of rotatable bonds is 2. The third-order valence-corrected chi connectivity index (χ3v) is 2.50. The summed E-state index contributed by atoms with van der Waals surface area (Å²) in [6.45, 7) is 1.81. The van der Waals surface area contributed by atoms with Gasteiger partial charge in [-0.05, 0) is 13.0 Å². The topological polar surface area (TPSA) is 93.8 Å². The molecule has 2 aromatic rings. The average molecular weight is 235 g/mol. The van der Waals surface area contributed by atoms with Gasteiger partial charge in [0, 0.05) is 17.6 Å². The van der Waals surface area contributed by atoms with E-state index in [2.05, 4.69) is 20.5 Å². The number of nitrogens with zero attached hydrogens (tertiary/aromatic N) is 3. The lowest BCUT2D eigenvalue weighted by atomic mass is 10.2. The van der Waals surface area contributed by atoms with Crippen molar-refractivity contribution in [3.63, 3.8) is 0 Å². The monoisotopic (exact) mass is 235 g/mol. The number of nitrogens with one attached hydrogen (secondary N) is 1. The van der Waals surface area contributed by atoms with Gasteiger partial charge in [0.1, 0.15) is 5.51 Å². The summed E-state index contributed by atoms with van der Waals surface area (Å²) < 4.78 is 0. The SMILES string of the molecule is Cc1cc(N)c(C(=O)Nc2nncs2)cn1. The van der Waals surface area contributed by atoms with E-state index in [1.807, 2.05) is 6.92 Å². The van der Waals surface area contributed by atoms with Gasteiger partial charge < -0.3 is 5.73 Å². The number of nitrogens with two attached hydrogens (primary N) is 1. The zero-order chi connectivity index (χ0) is 11.5. The number of carbonyl (C=O) groups is 1. The summed E-state index contributed by atoms with van der Waals surface area (Å²) in [4.78, 5) is 15.8. The van der Waals surface area contributed by atoms with Crippen molar-refractivity contribution in [2.45, 2.75) is 6.92 Å². The Kier molecular flexibility index (Phi) is 2.78. The number of aromatic nitrogens is 3. The lowest BCUT2D eigenvalue weighted by molar-refractivity contribution is 0.102. The normalized spacial score (nSPS) is 10.1. The van der Waals surface area contributed by atoms with Crippen molar-refractivity contribution in [1.82, 2.24) is 15.2 Å². The predicted octanol–water partition coefficient (Wildman–Crippen LogP) is 1.08. The third kappa shape index (κ3) is 2.14. The first-order chi connectivity index (χ1) is 7.66. The minimum Gasteiger partial charge on any atom is -0.398 e. The second-order valence-corrected chi connectivity index (χ2v) is 3.94. The van der Waals surface area contributed by atoms with E-state index in [-0.39, 0.29) is 5.91 Å². The van der Waals surface area contributed by atoms with E-state index < -0.39 is 0 Å². The lowest BCUT2D eigenvalue weighted by Crippen LogP contribution is -2.14. The van der Waals surface area contributed by atoms with Crippen molar-refractivity contribution in [3.05, 3.63) is 29.0 Å². The molecule has 0 aromatic carbocycles. The highest BCUT2D eigenvalue weighted by Gasteiger charge is 2.11. The molecule has 0 radical (unpaired) electrons. The maximum absolute atomic E-state index is 11.8. The fourth-order valence-corrected chi connectivity index (χ4v) is 1.60. The van der Waals surface area contributed by atoms with Crippen molar-refractivity contribution in [1.29, 1.82) is 0 Å². The Balaban J connectivity index is 2.21. The van der Waals surface area contributed by atoms with Gasteiger partial charge in [-0.3, -0.25) is 15.1 Å². The highest BCUT2D eigenvalue weighted by molar-refractivity contribution is 7.13. The van der Waals surface area contributed by atoms with E-state index in [1.165, 1.54) is 23.0 Å². The van der Waals surface area contributed by atoms with Crippen LogP contribution in [-0.2, 0) is 0 Å². The summed E-state index contributed by atoms with van der Waals surface area (Å²) in [5.41, 5.74) is 8.75. The third-order valence-electron chi connectivity index (χ3n) is 1.90. The van der Waals surface area contributed by atoms with E-state index in [1.54, 1.807) is 6.07 Å². The van der Waals surface area contributed by atoms with Crippen LogP contribution in [0.4, 0.5) is 10.8 Å². The van der Waals surface area contributed by atoms with E-state index in [0.717, 1.165) is 5.69 Å². The van der Waals surface area contributed by atoms with Gasteiger partial charge in [-0.25, -0.2) is 0 Å². The number of nitrogen functional groups attached to an aromatic ring is 1. The van der Waals surface area contributed by atoms with Crippen molar-refractivity contribution < 1.29 is 4.79 Å². The van der Waals surface area contributed by atoms with Crippen molar-refractivity contribution in [2.75, 3.05) is 11.1 Å². The van der Waals surface area contributed by atoms with Crippen LogP contribution in [0.15, 0.2) is 17.8 Å². The smallest absolute Gasteiger partial charge is 0.261 e. The van der Waals surface area contributed by atoms with E-state index in [4.69, 9.17) is 5.73 Å². The highest BCUT2D eigenvalue weighted by atomic mass is 32.1. The molecule has 0 aliphatic rings. The number of pyridine rings is 1. The molecular formula is C9H9N5OS. The van der Waals surface area contributed by atoms with Crippen molar-refractivity contribution >= 4 is 28.1 Å². The number of carbonyl (C=O) groups excluding carboxylic acids is 1.